The molecule has 1 saturated heterocycles. The zero-order valence-corrected chi connectivity index (χ0v) is 9.50. The average molecular weight is 211 g/mol. The zero-order chi connectivity index (χ0) is 10.7. The lowest BCUT2D eigenvalue weighted by Crippen LogP contribution is -2.43. The molecule has 15 heavy (non-hydrogen) atoms. The van der Waals surface area contributed by atoms with Crippen molar-refractivity contribution in [2.45, 2.75) is 57.6 Å². The number of rotatable bonds is 3. The summed E-state index contributed by atoms with van der Waals surface area (Å²) >= 11 is 0. The third kappa shape index (κ3) is 2.71. The molecule has 86 valence electrons. The second kappa shape index (κ2) is 4.97. The van der Waals surface area contributed by atoms with Gasteiger partial charge in [0.05, 0.1) is 12.1 Å². The Labute approximate surface area is 91.6 Å². The highest BCUT2D eigenvalue weighted by Crippen LogP contribution is 2.25. The van der Waals surface area contributed by atoms with E-state index in [1.807, 2.05) is 0 Å². The monoisotopic (exact) mass is 211 g/mol. The summed E-state index contributed by atoms with van der Waals surface area (Å²) in [6.45, 7) is 2.91. The maximum absolute atomic E-state index is 11.8. The average Bonchev–Trinajstić information content (AvgIpc) is 2.91. The van der Waals surface area contributed by atoms with Crippen molar-refractivity contribution in [3.8, 4) is 0 Å². The van der Waals surface area contributed by atoms with Crippen molar-refractivity contribution in [3.63, 3.8) is 0 Å². The predicted octanol–water partition coefficient (Wildman–Crippen LogP) is 1.86. The Morgan fingerprint density at radius 2 is 2.00 bits per heavy atom. The molecular formula is C12H21NO2. The molecule has 0 aromatic carbocycles. The minimum Gasteiger partial charge on any atom is -0.376 e. The van der Waals surface area contributed by atoms with Gasteiger partial charge in [0.25, 0.3) is 0 Å². The van der Waals surface area contributed by atoms with Crippen LogP contribution in [0.3, 0.4) is 0 Å². The van der Waals surface area contributed by atoms with E-state index in [0.29, 0.717) is 0 Å². The number of amides is 1. The molecule has 2 fully saturated rings. The van der Waals surface area contributed by atoms with E-state index in [2.05, 4.69) is 12.2 Å². The molecule has 0 unspecified atom stereocenters. The van der Waals surface area contributed by atoms with Gasteiger partial charge in [0.15, 0.2) is 0 Å². The molecule has 1 aliphatic heterocycles. The Morgan fingerprint density at radius 1 is 1.27 bits per heavy atom. The van der Waals surface area contributed by atoms with Gasteiger partial charge in [-0.25, -0.2) is 0 Å². The molecule has 2 aliphatic rings. The smallest absolute Gasteiger partial charge is 0.223 e. The van der Waals surface area contributed by atoms with Crippen molar-refractivity contribution in [2.24, 2.45) is 5.92 Å². The van der Waals surface area contributed by atoms with Crippen LogP contribution in [0.25, 0.3) is 0 Å². The molecule has 2 atom stereocenters. The first-order valence-electron chi connectivity index (χ1n) is 6.19. The SMILES string of the molecule is C[C@@H](NC(=O)C1CCCC1)[C@@H]1CCCO1. The van der Waals surface area contributed by atoms with Gasteiger partial charge in [-0.3, -0.25) is 4.79 Å². The first kappa shape index (κ1) is 10.9. The van der Waals surface area contributed by atoms with Crippen LogP contribution < -0.4 is 5.32 Å². The molecule has 0 radical (unpaired) electrons. The molecule has 2 rings (SSSR count). The lowest BCUT2D eigenvalue weighted by atomic mass is 10.1. The van der Waals surface area contributed by atoms with E-state index < -0.39 is 0 Å². The molecule has 3 heteroatoms. The van der Waals surface area contributed by atoms with Crippen LogP contribution in [0.5, 0.6) is 0 Å². The fourth-order valence-electron chi connectivity index (χ4n) is 2.62. The summed E-state index contributed by atoms with van der Waals surface area (Å²) in [7, 11) is 0. The van der Waals surface area contributed by atoms with Crippen LogP contribution >= 0.6 is 0 Å². The molecule has 1 amide bonds. The highest BCUT2D eigenvalue weighted by atomic mass is 16.5. The first-order valence-corrected chi connectivity index (χ1v) is 6.19. The lowest BCUT2D eigenvalue weighted by Gasteiger charge is -2.21. The molecule has 1 saturated carbocycles. The number of carbonyl (C=O) groups is 1. The molecule has 3 nitrogen and oxygen atoms in total. The van der Waals surface area contributed by atoms with E-state index in [9.17, 15) is 4.79 Å². The van der Waals surface area contributed by atoms with E-state index in [-0.39, 0.29) is 24.0 Å². The second-order valence-corrected chi connectivity index (χ2v) is 4.83. The highest BCUT2D eigenvalue weighted by Gasteiger charge is 2.27. The molecular weight excluding hydrogens is 190 g/mol. The summed E-state index contributed by atoms with van der Waals surface area (Å²) in [5.74, 6) is 0.518. The Bertz CT molecular complexity index is 218. The van der Waals surface area contributed by atoms with Gasteiger partial charge >= 0.3 is 0 Å². The predicted molar refractivity (Wildman–Crippen MR) is 58.5 cm³/mol. The molecule has 1 N–H and O–H groups in total. The molecule has 1 aliphatic carbocycles. The van der Waals surface area contributed by atoms with Crippen molar-refractivity contribution in [1.29, 1.82) is 0 Å². The van der Waals surface area contributed by atoms with Gasteiger partial charge in [-0.05, 0) is 32.6 Å². The van der Waals surface area contributed by atoms with E-state index in [4.69, 9.17) is 4.74 Å². The van der Waals surface area contributed by atoms with E-state index in [1.54, 1.807) is 0 Å². The van der Waals surface area contributed by atoms with Crippen LogP contribution in [0.4, 0.5) is 0 Å². The quantitative estimate of drug-likeness (QED) is 0.773. The van der Waals surface area contributed by atoms with Gasteiger partial charge in [0, 0.05) is 12.5 Å². The Balaban J connectivity index is 1.77. The largest absolute Gasteiger partial charge is 0.376 e. The highest BCUT2D eigenvalue weighted by molar-refractivity contribution is 5.79. The fraction of sp³-hybridized carbons (Fsp3) is 0.917. The maximum atomic E-state index is 11.8. The third-order valence-electron chi connectivity index (χ3n) is 3.62. The number of hydrogen-bond acceptors (Lipinski definition) is 2. The van der Waals surface area contributed by atoms with Crippen LogP contribution in [-0.2, 0) is 9.53 Å². The summed E-state index contributed by atoms with van der Waals surface area (Å²) in [5.41, 5.74) is 0. The van der Waals surface area contributed by atoms with E-state index in [1.165, 1.54) is 12.8 Å². The van der Waals surface area contributed by atoms with E-state index in [0.717, 1.165) is 32.3 Å². The van der Waals surface area contributed by atoms with Gasteiger partial charge in [0.1, 0.15) is 0 Å². The zero-order valence-electron chi connectivity index (χ0n) is 9.50. The summed E-state index contributed by atoms with van der Waals surface area (Å²) in [6.07, 6.45) is 7.04. The van der Waals surface area contributed by atoms with Crippen LogP contribution in [0.1, 0.15) is 45.4 Å². The number of hydrogen-bond donors (Lipinski definition) is 1. The van der Waals surface area contributed by atoms with Crippen molar-refractivity contribution < 1.29 is 9.53 Å². The van der Waals surface area contributed by atoms with Crippen molar-refractivity contribution in [1.82, 2.24) is 5.32 Å². The minimum absolute atomic E-state index is 0.181. The second-order valence-electron chi connectivity index (χ2n) is 4.83. The Hall–Kier alpha value is -0.570. The molecule has 0 spiro atoms. The lowest BCUT2D eigenvalue weighted by molar-refractivity contribution is -0.126. The fourth-order valence-corrected chi connectivity index (χ4v) is 2.62. The van der Waals surface area contributed by atoms with Crippen molar-refractivity contribution in [3.05, 3.63) is 0 Å². The normalized spacial score (nSPS) is 29.3. The topological polar surface area (TPSA) is 38.3 Å². The van der Waals surface area contributed by atoms with Crippen molar-refractivity contribution in [2.75, 3.05) is 6.61 Å². The Morgan fingerprint density at radius 3 is 2.60 bits per heavy atom. The van der Waals surface area contributed by atoms with Crippen LogP contribution in [0.15, 0.2) is 0 Å². The Kier molecular flexibility index (Phi) is 3.62. The van der Waals surface area contributed by atoms with Gasteiger partial charge in [-0.2, -0.15) is 0 Å². The van der Waals surface area contributed by atoms with E-state index >= 15 is 0 Å². The van der Waals surface area contributed by atoms with Crippen molar-refractivity contribution >= 4 is 5.91 Å². The maximum Gasteiger partial charge on any atom is 0.223 e. The molecule has 0 bridgehead atoms. The summed E-state index contributed by atoms with van der Waals surface area (Å²) in [6, 6.07) is 0.181. The number of carbonyl (C=O) groups excluding carboxylic acids is 1. The summed E-state index contributed by atoms with van der Waals surface area (Å²) in [5, 5.41) is 3.10. The third-order valence-corrected chi connectivity index (χ3v) is 3.62. The summed E-state index contributed by atoms with van der Waals surface area (Å²) < 4.78 is 5.56. The van der Waals surface area contributed by atoms with Crippen LogP contribution in [0.2, 0.25) is 0 Å². The van der Waals surface area contributed by atoms with Gasteiger partial charge < -0.3 is 10.1 Å². The summed E-state index contributed by atoms with van der Waals surface area (Å²) in [4.78, 5) is 11.8. The number of nitrogens with one attached hydrogen (secondary N) is 1. The first-order chi connectivity index (χ1) is 7.27. The van der Waals surface area contributed by atoms with Gasteiger partial charge in [0.2, 0.25) is 5.91 Å². The molecule has 0 aromatic heterocycles. The molecule has 0 aromatic rings. The van der Waals surface area contributed by atoms with Crippen LogP contribution in [0, 0.1) is 5.92 Å². The minimum atomic E-state index is 0.181. The molecule has 1 heterocycles. The van der Waals surface area contributed by atoms with Gasteiger partial charge in [-0.1, -0.05) is 12.8 Å². The standard InChI is InChI=1S/C12H21NO2/c1-9(11-7-4-8-15-11)13-12(14)10-5-2-3-6-10/h9-11H,2-8H2,1H3,(H,13,14)/t9-,11+/m1/s1. The number of ether oxygens (including phenoxy) is 1. The van der Waals surface area contributed by atoms with Crippen LogP contribution in [-0.4, -0.2) is 24.7 Å². The van der Waals surface area contributed by atoms with Gasteiger partial charge in [-0.15, -0.1) is 0 Å².